The molecule has 0 spiro atoms. The smallest absolute Gasteiger partial charge is 0.303 e. The Balaban J connectivity index is 1.50. The van der Waals surface area contributed by atoms with Crippen LogP contribution in [-0.4, -0.2) is 18.2 Å². The van der Waals surface area contributed by atoms with E-state index in [0.29, 0.717) is 16.9 Å². The zero-order chi connectivity index (χ0) is 28.6. The second-order valence-electron chi connectivity index (χ2n) is 11.8. The number of carbonyl (C=O) groups is 1. The van der Waals surface area contributed by atoms with Crippen molar-refractivity contribution in [2.24, 2.45) is 11.3 Å². The van der Waals surface area contributed by atoms with Crippen LogP contribution in [0.1, 0.15) is 80.9 Å². The monoisotopic (exact) mass is 552 g/mol. The fraction of sp³-hybridized carbons (Fsp3) is 0.424. The molecule has 5 rings (SSSR count). The molecule has 3 aromatic rings. The van der Waals surface area contributed by atoms with Crippen LogP contribution in [0.5, 0.6) is 11.5 Å². The number of benzene rings is 3. The molecule has 3 aromatic carbocycles. The number of hydrogen-bond acceptors (Lipinski definition) is 3. The van der Waals surface area contributed by atoms with Gasteiger partial charge in [-0.3, -0.25) is 4.79 Å². The van der Waals surface area contributed by atoms with E-state index in [1.54, 1.807) is 24.3 Å². The van der Waals surface area contributed by atoms with Gasteiger partial charge in [-0.05, 0) is 96.0 Å². The van der Waals surface area contributed by atoms with Crippen molar-refractivity contribution in [2.75, 3.05) is 7.11 Å². The molecule has 2 aliphatic rings. The lowest BCUT2D eigenvalue weighted by atomic mass is 9.75. The van der Waals surface area contributed by atoms with Gasteiger partial charge in [0.05, 0.1) is 13.5 Å². The van der Waals surface area contributed by atoms with E-state index in [1.165, 1.54) is 31.4 Å². The van der Waals surface area contributed by atoms with Crippen LogP contribution in [-0.2, 0) is 11.4 Å². The van der Waals surface area contributed by atoms with Crippen molar-refractivity contribution in [3.8, 4) is 22.6 Å². The molecule has 2 aliphatic carbocycles. The molecule has 4 nitrogen and oxygen atoms in total. The Hall–Kier alpha value is -3.48. The van der Waals surface area contributed by atoms with Crippen molar-refractivity contribution in [3.05, 3.63) is 82.7 Å². The van der Waals surface area contributed by atoms with Crippen LogP contribution in [0.4, 0.5) is 13.2 Å². The van der Waals surface area contributed by atoms with E-state index in [1.807, 2.05) is 0 Å². The van der Waals surface area contributed by atoms with E-state index in [4.69, 9.17) is 9.47 Å². The summed E-state index contributed by atoms with van der Waals surface area (Å²) in [6, 6.07) is 12.2. The van der Waals surface area contributed by atoms with Gasteiger partial charge >= 0.3 is 5.97 Å². The van der Waals surface area contributed by atoms with E-state index in [9.17, 15) is 9.90 Å². The standard InChI is InChI=1S/C33H35F3O4/c1-33(2)13-5-7-27(33)25-14-20(29(35)16-24(25)26-15-21(39-3)11-12-28(26)34)18-40-30-8-4-6-22(32(30)36)23(17-31(37)38)19-9-10-19/h4,6,8,11-12,14-16,19,23,27H,5,7,9-10,13,17-18H2,1-3H3,(H,37,38)/t23-,27-/m1/s1. The molecule has 2 fully saturated rings. The first-order valence-corrected chi connectivity index (χ1v) is 13.9. The quantitative estimate of drug-likeness (QED) is 0.274. The molecule has 0 heterocycles. The predicted octanol–water partition coefficient (Wildman–Crippen LogP) is 8.62. The minimum Gasteiger partial charge on any atom is -0.497 e. The molecule has 2 atom stereocenters. The fourth-order valence-corrected chi connectivity index (χ4v) is 6.31. The number of methoxy groups -OCH3 is 1. The molecule has 0 unspecified atom stereocenters. The van der Waals surface area contributed by atoms with Gasteiger partial charge in [-0.25, -0.2) is 13.2 Å². The van der Waals surface area contributed by atoms with Crippen molar-refractivity contribution in [1.29, 1.82) is 0 Å². The highest BCUT2D eigenvalue weighted by atomic mass is 19.1. The molecule has 0 aliphatic heterocycles. The molecule has 212 valence electrons. The van der Waals surface area contributed by atoms with Crippen LogP contribution in [0, 0.1) is 28.8 Å². The van der Waals surface area contributed by atoms with Crippen LogP contribution in [0.2, 0.25) is 0 Å². The zero-order valence-electron chi connectivity index (χ0n) is 23.1. The van der Waals surface area contributed by atoms with Gasteiger partial charge in [-0.15, -0.1) is 0 Å². The number of hydrogen-bond donors (Lipinski definition) is 1. The minimum atomic E-state index is -0.973. The molecule has 7 heteroatoms. The summed E-state index contributed by atoms with van der Waals surface area (Å²) in [7, 11) is 1.50. The van der Waals surface area contributed by atoms with Crippen LogP contribution in [0.15, 0.2) is 48.5 Å². The van der Waals surface area contributed by atoms with Gasteiger partial charge in [0.25, 0.3) is 0 Å². The molecule has 40 heavy (non-hydrogen) atoms. The summed E-state index contributed by atoms with van der Waals surface area (Å²) in [6.45, 7) is 4.12. The number of carboxylic acid groups (broad SMARTS) is 1. The average Bonchev–Trinajstić information content (AvgIpc) is 3.70. The highest BCUT2D eigenvalue weighted by Gasteiger charge is 2.38. The Morgan fingerprint density at radius 3 is 2.45 bits per heavy atom. The minimum absolute atomic E-state index is 0.0430. The summed E-state index contributed by atoms with van der Waals surface area (Å²) in [5.41, 5.74) is 2.08. The molecule has 1 N–H and O–H groups in total. The number of carboxylic acids is 1. The predicted molar refractivity (Wildman–Crippen MR) is 147 cm³/mol. The van der Waals surface area contributed by atoms with E-state index >= 15 is 13.2 Å². The highest BCUT2D eigenvalue weighted by Crippen LogP contribution is 2.52. The maximum atomic E-state index is 15.6. The van der Waals surface area contributed by atoms with Crippen molar-refractivity contribution in [1.82, 2.24) is 0 Å². The van der Waals surface area contributed by atoms with Gasteiger partial charge in [-0.2, -0.15) is 0 Å². The van der Waals surface area contributed by atoms with E-state index in [-0.39, 0.29) is 47.2 Å². The maximum Gasteiger partial charge on any atom is 0.303 e. The van der Waals surface area contributed by atoms with E-state index in [0.717, 1.165) is 37.7 Å². The summed E-state index contributed by atoms with van der Waals surface area (Å²) in [5, 5.41) is 9.34. The third-order valence-electron chi connectivity index (χ3n) is 8.68. The number of aliphatic carboxylic acids is 1. The van der Waals surface area contributed by atoms with Gasteiger partial charge in [0, 0.05) is 17.0 Å². The molecule has 0 aromatic heterocycles. The number of halogens is 3. The molecule has 0 radical (unpaired) electrons. The fourth-order valence-electron chi connectivity index (χ4n) is 6.31. The highest BCUT2D eigenvalue weighted by molar-refractivity contribution is 5.71. The zero-order valence-corrected chi connectivity index (χ0v) is 23.1. The number of rotatable bonds is 10. The van der Waals surface area contributed by atoms with E-state index in [2.05, 4.69) is 13.8 Å². The lowest BCUT2D eigenvalue weighted by Crippen LogP contribution is -2.17. The molecular formula is C33H35F3O4. The summed E-state index contributed by atoms with van der Waals surface area (Å²) in [6.07, 6.45) is 4.49. The van der Waals surface area contributed by atoms with E-state index < -0.39 is 29.3 Å². The first kappa shape index (κ1) is 28.1. The van der Waals surface area contributed by atoms with Crippen LogP contribution < -0.4 is 9.47 Å². The first-order chi connectivity index (χ1) is 19.1. The van der Waals surface area contributed by atoms with Gasteiger partial charge in [0.1, 0.15) is 24.0 Å². The molecule has 0 amide bonds. The van der Waals surface area contributed by atoms with Gasteiger partial charge in [0.15, 0.2) is 11.6 Å². The topological polar surface area (TPSA) is 55.8 Å². The normalized spacial score (nSPS) is 18.9. The lowest BCUT2D eigenvalue weighted by molar-refractivity contribution is -0.137. The largest absolute Gasteiger partial charge is 0.497 e. The van der Waals surface area contributed by atoms with Crippen molar-refractivity contribution in [3.63, 3.8) is 0 Å². The number of ether oxygens (including phenoxy) is 2. The Bertz CT molecular complexity index is 1410. The second kappa shape index (κ2) is 11.2. The SMILES string of the molecule is COc1ccc(F)c(-c2cc(F)c(COc3cccc([C@H](CC(=O)O)C4CC4)c3F)cc2[C@H]2CCCC2(C)C)c1. The lowest BCUT2D eigenvalue weighted by Gasteiger charge is -2.30. The maximum absolute atomic E-state index is 15.6. The van der Waals surface area contributed by atoms with Gasteiger partial charge < -0.3 is 14.6 Å². The summed E-state index contributed by atoms with van der Waals surface area (Å²) in [4.78, 5) is 11.4. The molecule has 0 bridgehead atoms. The summed E-state index contributed by atoms with van der Waals surface area (Å²) < 4.78 is 57.3. The molecule has 0 saturated heterocycles. The Kier molecular flexibility index (Phi) is 7.85. The molecular weight excluding hydrogens is 517 g/mol. The third kappa shape index (κ3) is 5.70. The van der Waals surface area contributed by atoms with Gasteiger partial charge in [0.2, 0.25) is 0 Å². The summed E-state index contributed by atoms with van der Waals surface area (Å²) >= 11 is 0. The Morgan fingerprint density at radius 1 is 1.02 bits per heavy atom. The van der Waals surface area contributed by atoms with Crippen LogP contribution in [0.25, 0.3) is 11.1 Å². The van der Waals surface area contributed by atoms with Crippen molar-refractivity contribution >= 4 is 5.97 Å². The Morgan fingerprint density at radius 2 is 1.80 bits per heavy atom. The third-order valence-corrected chi connectivity index (χ3v) is 8.68. The average molecular weight is 553 g/mol. The van der Waals surface area contributed by atoms with Crippen LogP contribution in [0.3, 0.4) is 0 Å². The second-order valence-corrected chi connectivity index (χ2v) is 11.8. The van der Waals surface area contributed by atoms with Crippen LogP contribution >= 0.6 is 0 Å². The first-order valence-electron chi connectivity index (χ1n) is 13.9. The summed E-state index contributed by atoms with van der Waals surface area (Å²) in [5.74, 6) is -2.40. The Labute approximate surface area is 233 Å². The molecule has 2 saturated carbocycles. The van der Waals surface area contributed by atoms with Gasteiger partial charge in [-0.1, -0.05) is 32.4 Å². The van der Waals surface area contributed by atoms with Crippen molar-refractivity contribution < 1.29 is 32.5 Å². The van der Waals surface area contributed by atoms with Crippen molar-refractivity contribution in [2.45, 2.75) is 70.8 Å².